The van der Waals surface area contributed by atoms with Crippen molar-refractivity contribution in [2.24, 2.45) is 0 Å². The third-order valence-electron chi connectivity index (χ3n) is 4.44. The van der Waals surface area contributed by atoms with Crippen LogP contribution < -0.4 is 4.72 Å². The van der Waals surface area contributed by atoms with Gasteiger partial charge in [0.05, 0.1) is 11.1 Å². The molecule has 0 radical (unpaired) electrons. The second-order valence-corrected chi connectivity index (χ2v) is 8.77. The van der Waals surface area contributed by atoms with E-state index in [2.05, 4.69) is 23.1 Å². The van der Waals surface area contributed by atoms with E-state index in [9.17, 15) is 8.60 Å². The number of hydrogen-bond donors (Lipinski definition) is 1. The first-order chi connectivity index (χ1) is 12.8. The minimum absolute atomic E-state index is 0.00904. The summed E-state index contributed by atoms with van der Waals surface area (Å²) in [5.41, 5.74) is 3.43. The molecule has 0 aliphatic rings. The Morgan fingerprint density at radius 2 is 1.89 bits per heavy atom. The van der Waals surface area contributed by atoms with Gasteiger partial charge in [-0.3, -0.25) is 0 Å². The molecule has 1 atom stereocenters. The number of halogens is 1. The van der Waals surface area contributed by atoms with E-state index >= 15 is 0 Å². The van der Waals surface area contributed by atoms with Crippen molar-refractivity contribution in [3.05, 3.63) is 54.0 Å². The van der Waals surface area contributed by atoms with Crippen LogP contribution in [0.5, 0.6) is 0 Å². The van der Waals surface area contributed by atoms with Gasteiger partial charge in [0.15, 0.2) is 0 Å². The molecule has 0 saturated heterocycles. The van der Waals surface area contributed by atoms with Gasteiger partial charge in [-0.25, -0.2) is 8.60 Å². The van der Waals surface area contributed by atoms with Crippen LogP contribution in [-0.4, -0.2) is 14.0 Å². The van der Waals surface area contributed by atoms with Gasteiger partial charge in [-0.2, -0.15) is 5.26 Å². The Bertz CT molecular complexity index is 1060. The molecule has 0 bridgehead atoms. The molecule has 27 heavy (non-hydrogen) atoms. The number of fused-ring (bicyclic) bond motifs is 1. The molecule has 0 saturated carbocycles. The van der Waals surface area contributed by atoms with Gasteiger partial charge in [0.2, 0.25) is 0 Å². The third kappa shape index (κ3) is 3.74. The van der Waals surface area contributed by atoms with E-state index in [0.29, 0.717) is 0 Å². The van der Waals surface area contributed by atoms with E-state index in [-0.39, 0.29) is 16.9 Å². The van der Waals surface area contributed by atoms with Crippen LogP contribution in [0.1, 0.15) is 39.3 Å². The summed E-state index contributed by atoms with van der Waals surface area (Å²) >= 11 is 0. The summed E-state index contributed by atoms with van der Waals surface area (Å²) in [5, 5.41) is 9.93. The van der Waals surface area contributed by atoms with Crippen LogP contribution in [0.15, 0.2) is 42.6 Å². The lowest BCUT2D eigenvalue weighted by molar-refractivity contribution is 0.622. The molecule has 6 heteroatoms. The highest BCUT2D eigenvalue weighted by molar-refractivity contribution is 7.86. The summed E-state index contributed by atoms with van der Waals surface area (Å²) in [4.78, 5) is 0. The van der Waals surface area contributed by atoms with Gasteiger partial charge in [-0.15, -0.1) is 0 Å². The molecule has 140 valence electrons. The quantitative estimate of drug-likeness (QED) is 0.643. The Kier molecular flexibility index (Phi) is 5.33. The molecule has 3 aromatic rings. The van der Waals surface area contributed by atoms with E-state index in [4.69, 9.17) is 5.26 Å². The average molecular weight is 383 g/mol. The molecule has 0 aliphatic carbocycles. The van der Waals surface area contributed by atoms with Crippen LogP contribution in [0, 0.1) is 17.1 Å². The van der Waals surface area contributed by atoms with Crippen molar-refractivity contribution >= 4 is 27.6 Å². The molecular weight excluding hydrogens is 361 g/mol. The van der Waals surface area contributed by atoms with Gasteiger partial charge in [0.1, 0.15) is 22.9 Å². The van der Waals surface area contributed by atoms with E-state index in [0.717, 1.165) is 27.7 Å². The van der Waals surface area contributed by atoms with Crippen molar-refractivity contribution in [2.75, 3.05) is 4.72 Å². The molecule has 1 N–H and O–H groups in total. The van der Waals surface area contributed by atoms with Crippen LogP contribution in [0.2, 0.25) is 0 Å². The maximum atomic E-state index is 14.1. The zero-order chi connectivity index (χ0) is 19.7. The zero-order valence-corrected chi connectivity index (χ0v) is 16.6. The topological polar surface area (TPSA) is 57.8 Å². The summed E-state index contributed by atoms with van der Waals surface area (Å²) in [6.45, 7) is 7.95. The number of aromatic nitrogens is 1. The summed E-state index contributed by atoms with van der Waals surface area (Å²) < 4.78 is 31.4. The molecule has 0 aliphatic heterocycles. The molecule has 0 amide bonds. The molecule has 0 spiro atoms. The number of rotatable bonds is 5. The van der Waals surface area contributed by atoms with Crippen LogP contribution in [-0.2, 0) is 11.0 Å². The van der Waals surface area contributed by atoms with Crippen molar-refractivity contribution < 1.29 is 8.60 Å². The maximum absolute atomic E-state index is 14.1. The van der Waals surface area contributed by atoms with Gasteiger partial charge < -0.3 is 9.29 Å². The summed E-state index contributed by atoms with van der Waals surface area (Å²) in [5.74, 6) is -0.522. The number of anilines is 1. The standard InChI is InChI=1S/C21H22FN3OS/c1-13(2)25-12-19(15-5-6-16(11-23)20(22)9-15)18-8-7-17(10-21(18)25)24-27(26)14(3)4/h5-10,12-14,24H,1-4H3. The highest BCUT2D eigenvalue weighted by atomic mass is 32.2. The molecule has 4 nitrogen and oxygen atoms in total. The molecule has 0 fully saturated rings. The van der Waals surface area contributed by atoms with Gasteiger partial charge in [0.25, 0.3) is 0 Å². The van der Waals surface area contributed by atoms with Crippen LogP contribution in [0.3, 0.4) is 0 Å². The lowest BCUT2D eigenvalue weighted by Gasteiger charge is -2.12. The lowest BCUT2D eigenvalue weighted by atomic mass is 10.0. The minimum Gasteiger partial charge on any atom is -0.344 e. The molecular formula is C21H22FN3OS. The normalized spacial score (nSPS) is 12.5. The smallest absolute Gasteiger partial charge is 0.141 e. The van der Waals surface area contributed by atoms with Crippen LogP contribution >= 0.6 is 0 Å². The molecule has 1 unspecified atom stereocenters. The first-order valence-corrected chi connectivity index (χ1v) is 10.0. The van der Waals surface area contributed by atoms with E-state index in [1.807, 2.05) is 44.3 Å². The summed E-state index contributed by atoms with van der Waals surface area (Å²) in [6, 6.07) is 12.5. The van der Waals surface area contributed by atoms with Crippen molar-refractivity contribution in [1.29, 1.82) is 5.26 Å². The van der Waals surface area contributed by atoms with Crippen molar-refractivity contribution in [3.8, 4) is 17.2 Å². The van der Waals surface area contributed by atoms with Crippen molar-refractivity contribution in [3.63, 3.8) is 0 Å². The fourth-order valence-electron chi connectivity index (χ4n) is 2.98. The number of benzene rings is 2. The number of hydrogen-bond acceptors (Lipinski definition) is 2. The van der Waals surface area contributed by atoms with Crippen LogP contribution in [0.4, 0.5) is 10.1 Å². The van der Waals surface area contributed by atoms with E-state index < -0.39 is 16.8 Å². The number of nitriles is 1. The number of nitrogens with zero attached hydrogens (tertiary/aromatic N) is 2. The maximum Gasteiger partial charge on any atom is 0.141 e. The van der Waals surface area contributed by atoms with Gasteiger partial charge >= 0.3 is 0 Å². The predicted molar refractivity (Wildman–Crippen MR) is 109 cm³/mol. The highest BCUT2D eigenvalue weighted by Crippen LogP contribution is 2.35. The van der Waals surface area contributed by atoms with E-state index in [1.54, 1.807) is 6.07 Å². The fourth-order valence-corrected chi connectivity index (χ4v) is 3.57. The Morgan fingerprint density at radius 3 is 2.48 bits per heavy atom. The highest BCUT2D eigenvalue weighted by Gasteiger charge is 2.15. The van der Waals surface area contributed by atoms with Crippen molar-refractivity contribution in [2.45, 2.75) is 39.0 Å². The zero-order valence-electron chi connectivity index (χ0n) is 15.8. The Labute approximate surface area is 161 Å². The first kappa shape index (κ1) is 19.1. The van der Waals surface area contributed by atoms with Gasteiger partial charge in [0, 0.05) is 34.1 Å². The third-order valence-corrected chi connectivity index (χ3v) is 5.73. The van der Waals surface area contributed by atoms with Crippen LogP contribution in [0.25, 0.3) is 22.0 Å². The monoisotopic (exact) mass is 383 g/mol. The molecule has 2 aromatic carbocycles. The van der Waals surface area contributed by atoms with Gasteiger partial charge in [-0.1, -0.05) is 12.1 Å². The average Bonchev–Trinajstić information content (AvgIpc) is 3.00. The van der Waals surface area contributed by atoms with Gasteiger partial charge in [-0.05, 0) is 57.5 Å². The Hall–Kier alpha value is -2.65. The molecule has 1 heterocycles. The van der Waals surface area contributed by atoms with E-state index in [1.165, 1.54) is 12.1 Å². The molecule has 3 rings (SSSR count). The lowest BCUT2D eigenvalue weighted by Crippen LogP contribution is -2.14. The first-order valence-electron chi connectivity index (χ1n) is 8.83. The SMILES string of the molecule is CC(C)n1cc(-c2ccc(C#N)c(F)c2)c2ccc(NS(=O)C(C)C)cc21. The summed E-state index contributed by atoms with van der Waals surface area (Å²) in [6.07, 6.45) is 2.00. The van der Waals surface area contributed by atoms with Crippen molar-refractivity contribution in [1.82, 2.24) is 4.57 Å². The molecule has 1 aromatic heterocycles. The summed E-state index contributed by atoms with van der Waals surface area (Å²) in [7, 11) is -1.16. The second-order valence-electron chi connectivity index (χ2n) is 7.03. The largest absolute Gasteiger partial charge is 0.344 e. The minimum atomic E-state index is -1.16. The Morgan fingerprint density at radius 1 is 1.15 bits per heavy atom. The fraction of sp³-hybridized carbons (Fsp3) is 0.286. The predicted octanol–water partition coefficient (Wildman–Crippen LogP) is 5.38. The number of nitrogens with one attached hydrogen (secondary N) is 1. The Balaban J connectivity index is 2.14. The second kappa shape index (κ2) is 7.53.